The number of H-pyrrole nitrogens is 1. The molecular weight excluding hydrogens is 583 g/mol. The van der Waals surface area contributed by atoms with Gasteiger partial charge in [-0.05, 0) is 100 Å². The molecule has 6 rings (SSSR count). The second-order valence-corrected chi connectivity index (χ2v) is 13.4. The number of aromatic nitrogens is 1. The molecule has 3 atom stereocenters. The minimum Gasteiger partial charge on any atom is -0.508 e. The molecule has 0 fully saturated rings. The first-order valence-corrected chi connectivity index (χ1v) is 17.6. The van der Waals surface area contributed by atoms with Crippen molar-refractivity contribution < 1.29 is 10.2 Å². The zero-order valence-electron chi connectivity index (χ0n) is 26.7. The van der Waals surface area contributed by atoms with Gasteiger partial charge >= 0.3 is 0 Å². The van der Waals surface area contributed by atoms with Crippen molar-refractivity contribution in [3.05, 3.63) is 161 Å². The maximum absolute atomic E-state index is 11.6. The van der Waals surface area contributed by atoms with Gasteiger partial charge in [-0.1, -0.05) is 116 Å². The molecule has 3 nitrogen and oxygen atoms in total. The molecule has 0 radical (unpaired) electrons. The third-order valence-electron chi connectivity index (χ3n) is 9.89. The summed E-state index contributed by atoms with van der Waals surface area (Å²) < 4.78 is 0. The molecule has 6 aromatic rings. The van der Waals surface area contributed by atoms with E-state index < -0.39 is 5.41 Å². The van der Waals surface area contributed by atoms with Crippen LogP contribution in [0.5, 0.6) is 5.75 Å². The Hall–Kier alpha value is -4.25. The zero-order valence-corrected chi connectivity index (χ0v) is 27.5. The molecule has 3 unspecified atom stereocenters. The van der Waals surface area contributed by atoms with Gasteiger partial charge in [0.15, 0.2) is 0 Å². The van der Waals surface area contributed by atoms with Crippen LogP contribution in [-0.2, 0) is 24.7 Å². The molecule has 0 bridgehead atoms. The lowest BCUT2D eigenvalue weighted by Gasteiger charge is -2.47. The van der Waals surface area contributed by atoms with Crippen molar-refractivity contribution in [2.45, 2.75) is 37.5 Å². The molecule has 1 heterocycles. The van der Waals surface area contributed by atoms with E-state index >= 15 is 0 Å². The average Bonchev–Trinajstić information content (AvgIpc) is 3.52. The number of phenolic OH excluding ortho intramolecular Hbond substituents is 1. The Labute approximate surface area is 277 Å². The van der Waals surface area contributed by atoms with Crippen LogP contribution in [0.25, 0.3) is 22.0 Å². The number of hydrogen-bond donors (Lipinski definition) is 3. The maximum Gasteiger partial charge on any atom is 0.115 e. The van der Waals surface area contributed by atoms with Crippen molar-refractivity contribution in [2.75, 3.05) is 18.6 Å². The molecule has 0 saturated heterocycles. The third kappa shape index (κ3) is 6.38. The summed E-state index contributed by atoms with van der Waals surface area (Å²) in [6, 6.07) is 44.5. The molecule has 0 aliphatic carbocycles. The van der Waals surface area contributed by atoms with Crippen LogP contribution in [0.4, 0.5) is 0 Å². The van der Waals surface area contributed by atoms with Crippen LogP contribution in [0, 0.1) is 5.92 Å². The summed E-state index contributed by atoms with van der Waals surface area (Å²) in [6.45, 7) is 2.39. The van der Waals surface area contributed by atoms with Gasteiger partial charge in [0.25, 0.3) is 0 Å². The lowest BCUT2D eigenvalue weighted by molar-refractivity contribution is 0.127. The number of fused-ring (bicyclic) bond motifs is 1. The van der Waals surface area contributed by atoms with Crippen LogP contribution >= 0.6 is 11.8 Å². The number of nitrogens with one attached hydrogen (secondary N) is 1. The quantitative estimate of drug-likeness (QED) is 0.120. The highest BCUT2D eigenvalue weighted by molar-refractivity contribution is 7.98. The highest BCUT2D eigenvalue weighted by atomic mass is 32.2. The Morgan fingerprint density at radius 2 is 1.46 bits per heavy atom. The van der Waals surface area contributed by atoms with E-state index in [1.807, 2.05) is 23.9 Å². The molecule has 0 spiro atoms. The molecule has 0 amide bonds. The normalized spacial score (nSPS) is 14.2. The van der Waals surface area contributed by atoms with E-state index in [0.717, 1.165) is 29.7 Å². The van der Waals surface area contributed by atoms with Crippen LogP contribution in [0.1, 0.15) is 40.7 Å². The molecule has 234 valence electrons. The predicted octanol–water partition coefficient (Wildman–Crippen LogP) is 9.58. The first-order valence-electron chi connectivity index (χ1n) is 16.2. The number of aromatic hydroxyl groups is 1. The number of benzene rings is 5. The van der Waals surface area contributed by atoms with Gasteiger partial charge in [0.05, 0.1) is 0 Å². The summed E-state index contributed by atoms with van der Waals surface area (Å²) in [5.74, 6) is 1.21. The fraction of sp³-hybridized carbons (Fsp3) is 0.238. The largest absolute Gasteiger partial charge is 0.508 e. The van der Waals surface area contributed by atoms with Crippen LogP contribution < -0.4 is 0 Å². The Balaban J connectivity index is 1.67. The van der Waals surface area contributed by atoms with Crippen LogP contribution in [-0.4, -0.2) is 33.8 Å². The number of rotatable bonds is 13. The molecule has 4 heteroatoms. The number of para-hydroxylation sites is 1. The molecular formula is C42H43NO2S. The maximum atomic E-state index is 11.6. The van der Waals surface area contributed by atoms with E-state index in [1.165, 1.54) is 38.8 Å². The van der Waals surface area contributed by atoms with Gasteiger partial charge in [-0.2, -0.15) is 11.8 Å². The highest BCUT2D eigenvalue weighted by Gasteiger charge is 2.47. The Bertz CT molecular complexity index is 1850. The van der Waals surface area contributed by atoms with Gasteiger partial charge in [-0.3, -0.25) is 0 Å². The fourth-order valence-electron chi connectivity index (χ4n) is 7.53. The predicted molar refractivity (Wildman–Crippen MR) is 195 cm³/mol. The van der Waals surface area contributed by atoms with Crippen molar-refractivity contribution in [3.8, 4) is 16.9 Å². The summed E-state index contributed by atoms with van der Waals surface area (Å²) >= 11 is 1.85. The molecule has 0 aliphatic heterocycles. The van der Waals surface area contributed by atoms with E-state index in [1.54, 1.807) is 12.1 Å². The minimum atomic E-state index is -0.502. The Morgan fingerprint density at radius 3 is 2.17 bits per heavy atom. The number of thioether (sulfide) groups is 1. The average molecular weight is 626 g/mol. The van der Waals surface area contributed by atoms with Gasteiger partial charge in [-0.15, -0.1) is 0 Å². The molecule has 0 aliphatic rings. The van der Waals surface area contributed by atoms with Gasteiger partial charge in [0.1, 0.15) is 5.75 Å². The number of aliphatic hydroxyl groups excluding tert-OH is 1. The van der Waals surface area contributed by atoms with E-state index in [9.17, 15) is 10.2 Å². The number of hydrogen-bond acceptors (Lipinski definition) is 3. The first kappa shape index (κ1) is 31.7. The topological polar surface area (TPSA) is 56.2 Å². The van der Waals surface area contributed by atoms with Crippen molar-refractivity contribution >= 4 is 22.7 Å². The SMILES string of the molecule is CSCCc1cccc(C(Cc2ccccc2)(C(CO)Cc2c[nH]c3ccccc23)C(C)c2ccccc2)c1-c1ccc(O)cc1. The van der Waals surface area contributed by atoms with Crippen LogP contribution in [0.2, 0.25) is 0 Å². The van der Waals surface area contributed by atoms with Crippen LogP contribution in [0.15, 0.2) is 134 Å². The lowest BCUT2D eigenvalue weighted by Crippen LogP contribution is -2.45. The fourth-order valence-corrected chi connectivity index (χ4v) is 7.95. The van der Waals surface area contributed by atoms with Crippen molar-refractivity contribution in [3.63, 3.8) is 0 Å². The number of phenols is 1. The summed E-state index contributed by atoms with van der Waals surface area (Å²) in [7, 11) is 0. The summed E-state index contributed by atoms with van der Waals surface area (Å²) in [4.78, 5) is 3.49. The molecule has 46 heavy (non-hydrogen) atoms. The van der Waals surface area contributed by atoms with Gasteiger partial charge in [0, 0.05) is 29.1 Å². The number of aliphatic hydroxyl groups is 1. The second kappa shape index (κ2) is 14.5. The van der Waals surface area contributed by atoms with Gasteiger partial charge in [0.2, 0.25) is 0 Å². The number of aryl methyl sites for hydroxylation is 1. The molecule has 5 aromatic carbocycles. The van der Waals surface area contributed by atoms with Gasteiger partial charge in [-0.25, -0.2) is 0 Å². The van der Waals surface area contributed by atoms with Gasteiger partial charge < -0.3 is 15.2 Å². The van der Waals surface area contributed by atoms with Crippen LogP contribution in [0.3, 0.4) is 0 Å². The second-order valence-electron chi connectivity index (χ2n) is 12.4. The third-order valence-corrected chi connectivity index (χ3v) is 10.5. The molecule has 3 N–H and O–H groups in total. The standard InChI is InChI=1S/C42H43NO2S/c1-30(32-14-7-4-8-15-32)42(27-31-12-5-3-6-13-31,36(29-44)26-35-28-43-40-19-10-9-17-38(35)40)39-18-11-16-33(24-25-46-2)41(39)34-20-22-37(45)23-21-34/h3-23,28,30,36,43-45H,24-27,29H2,1-2H3. The minimum absolute atomic E-state index is 0.0353. The van der Waals surface area contributed by atoms with E-state index in [-0.39, 0.29) is 24.2 Å². The number of aromatic amines is 1. The molecule has 0 saturated carbocycles. The van der Waals surface area contributed by atoms with E-state index in [4.69, 9.17) is 0 Å². The molecule has 1 aromatic heterocycles. The van der Waals surface area contributed by atoms with Crippen molar-refractivity contribution in [2.24, 2.45) is 5.92 Å². The highest BCUT2D eigenvalue weighted by Crippen LogP contribution is 2.52. The monoisotopic (exact) mass is 625 g/mol. The first-order chi connectivity index (χ1) is 22.5. The van der Waals surface area contributed by atoms with Crippen molar-refractivity contribution in [1.82, 2.24) is 4.98 Å². The summed E-state index contributed by atoms with van der Waals surface area (Å²) in [5, 5.41) is 23.1. The van der Waals surface area contributed by atoms with E-state index in [2.05, 4.69) is 127 Å². The summed E-state index contributed by atoms with van der Waals surface area (Å²) in [6.07, 6.45) is 6.69. The smallest absolute Gasteiger partial charge is 0.115 e. The Morgan fingerprint density at radius 1 is 0.761 bits per heavy atom. The Kier molecular flexibility index (Phi) is 9.97. The van der Waals surface area contributed by atoms with Crippen molar-refractivity contribution in [1.29, 1.82) is 0 Å². The lowest BCUT2D eigenvalue weighted by atomic mass is 9.56. The summed E-state index contributed by atoms with van der Waals surface area (Å²) in [5.41, 5.74) is 9.17. The van der Waals surface area contributed by atoms with E-state index in [0.29, 0.717) is 6.42 Å². The zero-order chi connectivity index (χ0) is 31.9.